The normalized spacial score (nSPS) is 14.2. The van der Waals surface area contributed by atoms with Crippen LogP contribution in [0, 0.1) is 0 Å². The van der Waals surface area contributed by atoms with Gasteiger partial charge in [-0.05, 0) is 72.7 Å². The molecule has 0 atom stereocenters. The van der Waals surface area contributed by atoms with Crippen molar-refractivity contribution in [3.05, 3.63) is 40.9 Å². The Bertz CT molecular complexity index is 1190. The molecule has 3 N–H and O–H groups in total. The van der Waals surface area contributed by atoms with E-state index >= 15 is 0 Å². The summed E-state index contributed by atoms with van der Waals surface area (Å²) in [6, 6.07) is 7.40. The Kier molecular flexibility index (Phi) is 10.7. The van der Waals surface area contributed by atoms with Crippen molar-refractivity contribution >= 4 is 46.2 Å². The van der Waals surface area contributed by atoms with Gasteiger partial charge >= 0.3 is 12.2 Å². The number of carbonyl (C=O) groups is 3. The van der Waals surface area contributed by atoms with Crippen LogP contribution in [-0.4, -0.2) is 84.9 Å². The molecule has 0 bridgehead atoms. The van der Waals surface area contributed by atoms with Gasteiger partial charge in [0.1, 0.15) is 16.1 Å². The molecule has 2 aromatic rings. The fourth-order valence-corrected chi connectivity index (χ4v) is 4.53. The van der Waals surface area contributed by atoms with Crippen molar-refractivity contribution in [3.63, 3.8) is 0 Å². The summed E-state index contributed by atoms with van der Waals surface area (Å²) in [5.41, 5.74) is 0.183. The van der Waals surface area contributed by atoms with Crippen molar-refractivity contribution in [1.29, 1.82) is 0 Å². The van der Waals surface area contributed by atoms with Crippen LogP contribution in [-0.2, 0) is 15.9 Å². The second kappa shape index (κ2) is 13.8. The largest absolute Gasteiger partial charge is 0.444 e. The number of carbonyl (C=O) groups excluding carboxylic acids is 3. The lowest BCUT2D eigenvalue weighted by Crippen LogP contribution is -2.47. The van der Waals surface area contributed by atoms with Crippen LogP contribution in [0.15, 0.2) is 35.5 Å². The first kappa shape index (κ1) is 31.8. The molecule has 1 aliphatic heterocycles. The third kappa shape index (κ3) is 11.4. The lowest BCUT2D eigenvalue weighted by atomic mass is 10.1. The molecule has 0 aliphatic carbocycles. The van der Waals surface area contributed by atoms with E-state index in [4.69, 9.17) is 9.47 Å². The lowest BCUT2D eigenvalue weighted by Gasteiger charge is -2.32. The number of nitrogens with one attached hydrogen (secondary N) is 3. The van der Waals surface area contributed by atoms with Crippen molar-refractivity contribution in [2.45, 2.75) is 59.2 Å². The standard InChI is InChI=1S/C28H41N7O5S/c1-27(2,3)39-25(37)32-23(33-26(38)40-28(4,5)6)29-13-12-19-8-10-20(11-9-19)31-22(36)21-18-30-24(41-21)35-16-14-34(7)15-17-35/h8-11,18H,12-17H2,1-7H3,(H,31,36)(H2,29,32,33,37,38). The summed E-state index contributed by atoms with van der Waals surface area (Å²) in [7, 11) is 2.10. The molecule has 0 unspecified atom stereocenters. The highest BCUT2D eigenvalue weighted by Crippen LogP contribution is 2.24. The lowest BCUT2D eigenvalue weighted by molar-refractivity contribution is 0.0544. The molecule has 41 heavy (non-hydrogen) atoms. The zero-order valence-corrected chi connectivity index (χ0v) is 25.7. The third-order valence-electron chi connectivity index (χ3n) is 5.61. The molecule has 0 spiro atoms. The first-order valence-corrected chi connectivity index (χ1v) is 14.3. The molecular formula is C28H41N7O5S. The fourth-order valence-electron chi connectivity index (χ4n) is 3.67. The van der Waals surface area contributed by atoms with Gasteiger partial charge in [-0.2, -0.15) is 0 Å². The number of amides is 3. The highest BCUT2D eigenvalue weighted by Gasteiger charge is 2.22. The number of likely N-dealkylation sites (N-methyl/N-ethyl adjacent to an activating group) is 1. The van der Waals surface area contributed by atoms with Gasteiger partial charge < -0.3 is 24.6 Å². The maximum absolute atomic E-state index is 12.8. The van der Waals surface area contributed by atoms with Crippen LogP contribution >= 0.6 is 11.3 Å². The predicted octanol–water partition coefficient (Wildman–Crippen LogP) is 4.10. The van der Waals surface area contributed by atoms with E-state index in [9.17, 15) is 14.4 Å². The molecule has 13 heteroatoms. The molecule has 1 aromatic heterocycles. The molecule has 0 radical (unpaired) electrons. The third-order valence-corrected chi connectivity index (χ3v) is 6.67. The summed E-state index contributed by atoms with van der Waals surface area (Å²) in [5, 5.41) is 8.71. The van der Waals surface area contributed by atoms with E-state index in [1.54, 1.807) is 47.7 Å². The van der Waals surface area contributed by atoms with Crippen molar-refractivity contribution in [2.75, 3.05) is 50.0 Å². The molecule has 0 saturated carbocycles. The van der Waals surface area contributed by atoms with E-state index in [0.717, 1.165) is 36.9 Å². The number of benzene rings is 1. The number of piperazine rings is 1. The van der Waals surface area contributed by atoms with Crippen LogP contribution in [0.3, 0.4) is 0 Å². The minimum Gasteiger partial charge on any atom is -0.444 e. The Balaban J connectivity index is 1.55. The Labute approximate surface area is 245 Å². The van der Waals surface area contributed by atoms with Crippen molar-refractivity contribution in [2.24, 2.45) is 4.99 Å². The quantitative estimate of drug-likeness (QED) is 0.339. The molecule has 1 aromatic carbocycles. The topological polar surface area (TPSA) is 137 Å². The van der Waals surface area contributed by atoms with Crippen LogP contribution in [0.2, 0.25) is 0 Å². The smallest absolute Gasteiger partial charge is 0.414 e. The first-order chi connectivity index (χ1) is 19.2. The Morgan fingerprint density at radius 2 is 1.49 bits per heavy atom. The second-order valence-corrected chi connectivity index (χ2v) is 12.7. The summed E-state index contributed by atoms with van der Waals surface area (Å²) in [6.45, 7) is 14.4. The summed E-state index contributed by atoms with van der Waals surface area (Å²) < 4.78 is 10.5. The molecule has 224 valence electrons. The second-order valence-electron chi connectivity index (χ2n) is 11.7. The van der Waals surface area contributed by atoms with Crippen LogP contribution in [0.25, 0.3) is 0 Å². The van der Waals surface area contributed by atoms with E-state index in [1.165, 1.54) is 11.3 Å². The number of anilines is 2. The predicted molar refractivity (Wildman–Crippen MR) is 161 cm³/mol. The van der Waals surface area contributed by atoms with E-state index in [0.29, 0.717) is 17.0 Å². The number of ether oxygens (including phenoxy) is 2. The molecule has 12 nitrogen and oxygen atoms in total. The van der Waals surface area contributed by atoms with Crippen molar-refractivity contribution in [1.82, 2.24) is 20.5 Å². The summed E-state index contributed by atoms with van der Waals surface area (Å²) in [4.78, 5) is 51.1. The SMILES string of the molecule is CN1CCN(c2ncc(C(=O)Nc3ccc(CCN=C(NC(=O)OC(C)(C)C)NC(=O)OC(C)(C)C)cc3)s2)CC1. The Morgan fingerprint density at radius 3 is 2.02 bits per heavy atom. The molecule has 1 fully saturated rings. The average molecular weight is 588 g/mol. The molecular weight excluding hydrogens is 546 g/mol. The average Bonchev–Trinajstić information content (AvgIpc) is 3.33. The number of rotatable bonds is 6. The molecule has 1 saturated heterocycles. The maximum atomic E-state index is 12.8. The summed E-state index contributed by atoms with van der Waals surface area (Å²) in [5.74, 6) is -0.274. The zero-order valence-electron chi connectivity index (χ0n) is 24.9. The van der Waals surface area contributed by atoms with Crippen LogP contribution < -0.4 is 20.9 Å². The van der Waals surface area contributed by atoms with Gasteiger partial charge in [0.25, 0.3) is 5.91 Å². The maximum Gasteiger partial charge on any atom is 0.414 e. The van der Waals surface area contributed by atoms with E-state index in [-0.39, 0.29) is 18.4 Å². The minimum atomic E-state index is -0.746. The van der Waals surface area contributed by atoms with Crippen molar-refractivity contribution < 1.29 is 23.9 Å². The van der Waals surface area contributed by atoms with Crippen LogP contribution in [0.5, 0.6) is 0 Å². The number of aromatic nitrogens is 1. The first-order valence-electron chi connectivity index (χ1n) is 13.5. The number of thiazole rings is 1. The number of nitrogens with zero attached hydrogens (tertiary/aromatic N) is 4. The van der Waals surface area contributed by atoms with Gasteiger partial charge in [-0.15, -0.1) is 0 Å². The van der Waals surface area contributed by atoms with Gasteiger partial charge in [-0.1, -0.05) is 23.5 Å². The molecule has 2 heterocycles. The van der Waals surface area contributed by atoms with Gasteiger partial charge in [0.2, 0.25) is 5.96 Å². The van der Waals surface area contributed by atoms with Crippen LogP contribution in [0.4, 0.5) is 20.4 Å². The number of hydrogen-bond acceptors (Lipinski definition) is 10. The van der Waals surface area contributed by atoms with Gasteiger partial charge in [0, 0.05) is 38.4 Å². The summed E-state index contributed by atoms with van der Waals surface area (Å²) >= 11 is 1.39. The van der Waals surface area contributed by atoms with Crippen molar-refractivity contribution in [3.8, 4) is 0 Å². The minimum absolute atomic E-state index is 0.0714. The monoisotopic (exact) mass is 587 g/mol. The molecule has 3 rings (SSSR count). The van der Waals surface area contributed by atoms with Gasteiger partial charge in [0.05, 0.1) is 6.20 Å². The van der Waals surface area contributed by atoms with Crippen LogP contribution in [0.1, 0.15) is 56.8 Å². The van der Waals surface area contributed by atoms with Gasteiger partial charge in [-0.25, -0.2) is 14.6 Å². The summed E-state index contributed by atoms with van der Waals surface area (Å²) in [6.07, 6.45) is 0.647. The Morgan fingerprint density at radius 1 is 0.927 bits per heavy atom. The fraction of sp³-hybridized carbons (Fsp3) is 0.536. The van der Waals surface area contributed by atoms with E-state index in [2.05, 4.69) is 42.8 Å². The number of guanidine groups is 1. The Hall–Kier alpha value is -3.71. The number of hydrogen-bond donors (Lipinski definition) is 3. The zero-order chi connectivity index (χ0) is 30.2. The van der Waals surface area contributed by atoms with E-state index < -0.39 is 23.4 Å². The highest BCUT2D eigenvalue weighted by atomic mass is 32.1. The van der Waals surface area contributed by atoms with E-state index in [1.807, 2.05) is 24.3 Å². The molecule has 1 aliphatic rings. The highest BCUT2D eigenvalue weighted by molar-refractivity contribution is 7.17. The van der Waals surface area contributed by atoms with Gasteiger partial charge in [-0.3, -0.25) is 20.4 Å². The number of alkyl carbamates (subject to hydrolysis) is 2. The van der Waals surface area contributed by atoms with Gasteiger partial charge in [0.15, 0.2) is 5.13 Å². The number of aliphatic imine (C=N–C) groups is 1. The molecule has 3 amide bonds.